The molecule has 18 heavy (non-hydrogen) atoms. The summed E-state index contributed by atoms with van der Waals surface area (Å²) in [6.07, 6.45) is 4.78. The first-order valence-electron chi connectivity index (χ1n) is 6.71. The molecule has 1 N–H and O–H groups in total. The zero-order chi connectivity index (χ0) is 12.7. The molecule has 0 aliphatic carbocycles. The summed E-state index contributed by atoms with van der Waals surface area (Å²) in [6.45, 7) is 2.02. The van der Waals surface area contributed by atoms with Gasteiger partial charge in [0.2, 0.25) is 0 Å². The monoisotopic (exact) mass is 264 g/mol. The molecule has 2 aliphatic rings. The van der Waals surface area contributed by atoms with E-state index in [2.05, 4.69) is 5.32 Å². The van der Waals surface area contributed by atoms with Crippen LogP contribution < -0.4 is 5.32 Å². The molecule has 2 bridgehead atoms. The van der Waals surface area contributed by atoms with Gasteiger partial charge in [0.1, 0.15) is 0 Å². The minimum absolute atomic E-state index is 0.194. The van der Waals surface area contributed by atoms with E-state index in [4.69, 9.17) is 0 Å². The van der Waals surface area contributed by atoms with Gasteiger partial charge < -0.3 is 10.2 Å². The summed E-state index contributed by atoms with van der Waals surface area (Å²) in [5, 5.41) is 7.65. The average molecular weight is 264 g/mol. The Labute approximate surface area is 112 Å². The molecule has 0 aromatic carbocycles. The molecule has 3 rings (SSSR count). The van der Waals surface area contributed by atoms with E-state index in [0.29, 0.717) is 18.1 Å². The van der Waals surface area contributed by atoms with Gasteiger partial charge in [0, 0.05) is 30.6 Å². The van der Waals surface area contributed by atoms with E-state index in [0.717, 1.165) is 24.0 Å². The SMILES string of the molecule is Cc1cscc1C(=O)N(C)C1CC2CCC(C1)N2. The van der Waals surface area contributed by atoms with Crippen molar-refractivity contribution in [3.63, 3.8) is 0 Å². The number of fused-ring (bicyclic) bond motifs is 2. The van der Waals surface area contributed by atoms with E-state index in [9.17, 15) is 4.79 Å². The van der Waals surface area contributed by atoms with Crippen LogP contribution in [0.5, 0.6) is 0 Å². The zero-order valence-corrected chi connectivity index (χ0v) is 11.8. The number of thiophene rings is 1. The van der Waals surface area contributed by atoms with Crippen LogP contribution in [0.15, 0.2) is 10.8 Å². The first-order chi connectivity index (χ1) is 8.65. The molecule has 2 aliphatic heterocycles. The highest BCUT2D eigenvalue weighted by Crippen LogP contribution is 2.30. The number of carbonyl (C=O) groups excluding carboxylic acids is 1. The molecule has 2 fully saturated rings. The Morgan fingerprint density at radius 1 is 1.33 bits per heavy atom. The molecule has 0 spiro atoms. The van der Waals surface area contributed by atoms with Crippen LogP contribution in [0, 0.1) is 6.92 Å². The maximum absolute atomic E-state index is 12.5. The molecule has 2 atom stereocenters. The van der Waals surface area contributed by atoms with Gasteiger partial charge in [0.05, 0.1) is 5.56 Å². The van der Waals surface area contributed by atoms with Crippen molar-refractivity contribution in [2.75, 3.05) is 7.05 Å². The summed E-state index contributed by atoms with van der Waals surface area (Å²) in [5.74, 6) is 0.194. The lowest BCUT2D eigenvalue weighted by Gasteiger charge is -2.35. The normalized spacial score (nSPS) is 30.4. The van der Waals surface area contributed by atoms with Crippen molar-refractivity contribution < 1.29 is 4.79 Å². The highest BCUT2D eigenvalue weighted by Gasteiger charge is 2.36. The summed E-state index contributed by atoms with van der Waals surface area (Å²) < 4.78 is 0. The molecular formula is C14H20N2OS. The summed E-state index contributed by atoms with van der Waals surface area (Å²) in [4.78, 5) is 14.4. The molecule has 2 unspecified atom stereocenters. The molecular weight excluding hydrogens is 244 g/mol. The number of rotatable bonds is 2. The zero-order valence-electron chi connectivity index (χ0n) is 11.0. The molecule has 0 saturated carbocycles. The number of nitrogens with zero attached hydrogens (tertiary/aromatic N) is 1. The number of hydrogen-bond acceptors (Lipinski definition) is 3. The standard InChI is InChI=1S/C14H20N2OS/c1-9-7-18-8-13(9)14(17)16(2)12-5-10-3-4-11(6-12)15-10/h7-8,10-12,15H,3-6H2,1-2H3. The fourth-order valence-corrected chi connectivity index (χ4v) is 4.10. The number of amides is 1. The Hall–Kier alpha value is -0.870. The van der Waals surface area contributed by atoms with Gasteiger partial charge in [-0.3, -0.25) is 4.79 Å². The van der Waals surface area contributed by atoms with Crippen LogP contribution in [0.3, 0.4) is 0 Å². The lowest BCUT2D eigenvalue weighted by molar-refractivity contribution is 0.0681. The number of piperidine rings is 1. The van der Waals surface area contributed by atoms with Crippen LogP contribution >= 0.6 is 11.3 Å². The highest BCUT2D eigenvalue weighted by molar-refractivity contribution is 7.08. The first kappa shape index (κ1) is 12.2. The van der Waals surface area contributed by atoms with E-state index in [-0.39, 0.29) is 5.91 Å². The molecule has 2 saturated heterocycles. The van der Waals surface area contributed by atoms with Gasteiger partial charge in [0.15, 0.2) is 0 Å². The smallest absolute Gasteiger partial charge is 0.254 e. The van der Waals surface area contributed by atoms with Gasteiger partial charge in [-0.05, 0) is 43.6 Å². The number of carbonyl (C=O) groups is 1. The molecule has 0 radical (unpaired) electrons. The maximum atomic E-state index is 12.5. The Kier molecular flexibility index (Phi) is 3.16. The van der Waals surface area contributed by atoms with Crippen molar-refractivity contribution in [3.8, 4) is 0 Å². The van der Waals surface area contributed by atoms with E-state index in [1.807, 2.05) is 29.6 Å². The third kappa shape index (κ3) is 2.08. The van der Waals surface area contributed by atoms with Gasteiger partial charge in [-0.15, -0.1) is 0 Å². The predicted octanol–water partition coefficient (Wildman–Crippen LogP) is 2.41. The van der Waals surface area contributed by atoms with Crippen molar-refractivity contribution in [2.45, 2.75) is 50.7 Å². The maximum Gasteiger partial charge on any atom is 0.254 e. The van der Waals surface area contributed by atoms with Crippen molar-refractivity contribution in [1.29, 1.82) is 0 Å². The summed E-state index contributed by atoms with van der Waals surface area (Å²) in [7, 11) is 1.97. The summed E-state index contributed by atoms with van der Waals surface area (Å²) in [5.41, 5.74) is 1.99. The third-order valence-corrected chi connectivity index (χ3v) is 5.26. The highest BCUT2D eigenvalue weighted by atomic mass is 32.1. The first-order valence-corrected chi connectivity index (χ1v) is 7.65. The van der Waals surface area contributed by atoms with Crippen molar-refractivity contribution in [2.24, 2.45) is 0 Å². The fourth-order valence-electron chi connectivity index (χ4n) is 3.28. The Morgan fingerprint density at radius 3 is 2.56 bits per heavy atom. The van der Waals surface area contributed by atoms with Crippen LogP contribution in [0.2, 0.25) is 0 Å². The molecule has 1 aromatic rings. The predicted molar refractivity (Wildman–Crippen MR) is 74.1 cm³/mol. The quantitative estimate of drug-likeness (QED) is 0.889. The molecule has 3 nitrogen and oxygen atoms in total. The minimum atomic E-state index is 0.194. The van der Waals surface area contributed by atoms with Crippen molar-refractivity contribution >= 4 is 17.2 Å². The molecule has 1 aromatic heterocycles. The second-order valence-corrected chi connectivity index (χ2v) is 6.39. The van der Waals surface area contributed by atoms with Crippen molar-refractivity contribution in [1.82, 2.24) is 10.2 Å². The number of nitrogens with one attached hydrogen (secondary N) is 1. The fraction of sp³-hybridized carbons (Fsp3) is 0.643. The summed E-state index contributed by atoms with van der Waals surface area (Å²) >= 11 is 1.61. The number of aryl methyl sites for hydroxylation is 1. The van der Waals surface area contributed by atoms with E-state index in [1.54, 1.807) is 11.3 Å². The van der Waals surface area contributed by atoms with Gasteiger partial charge in [-0.1, -0.05) is 0 Å². The van der Waals surface area contributed by atoms with Gasteiger partial charge in [-0.25, -0.2) is 0 Å². The van der Waals surface area contributed by atoms with Crippen LogP contribution in [-0.4, -0.2) is 36.0 Å². The van der Waals surface area contributed by atoms with Crippen LogP contribution in [0.1, 0.15) is 41.6 Å². The van der Waals surface area contributed by atoms with Crippen LogP contribution in [0.4, 0.5) is 0 Å². The lowest BCUT2D eigenvalue weighted by atomic mass is 9.98. The van der Waals surface area contributed by atoms with Gasteiger partial charge >= 0.3 is 0 Å². The largest absolute Gasteiger partial charge is 0.339 e. The van der Waals surface area contributed by atoms with E-state index >= 15 is 0 Å². The third-order valence-electron chi connectivity index (χ3n) is 4.40. The summed E-state index contributed by atoms with van der Waals surface area (Å²) in [6, 6.07) is 1.68. The lowest BCUT2D eigenvalue weighted by Crippen LogP contribution is -2.48. The van der Waals surface area contributed by atoms with Crippen molar-refractivity contribution in [3.05, 3.63) is 21.9 Å². The Balaban J connectivity index is 1.73. The topological polar surface area (TPSA) is 32.3 Å². The van der Waals surface area contributed by atoms with E-state index in [1.165, 1.54) is 12.8 Å². The second-order valence-electron chi connectivity index (χ2n) is 5.65. The molecule has 98 valence electrons. The Bertz CT molecular complexity index is 444. The molecule has 3 heterocycles. The second kappa shape index (κ2) is 4.67. The average Bonchev–Trinajstić information content (AvgIpc) is 2.93. The van der Waals surface area contributed by atoms with Gasteiger partial charge in [-0.2, -0.15) is 11.3 Å². The molecule has 4 heteroatoms. The van der Waals surface area contributed by atoms with Gasteiger partial charge in [0.25, 0.3) is 5.91 Å². The van der Waals surface area contributed by atoms with E-state index < -0.39 is 0 Å². The van der Waals surface area contributed by atoms with Crippen LogP contribution in [0.25, 0.3) is 0 Å². The Morgan fingerprint density at radius 2 is 2.00 bits per heavy atom. The molecule has 1 amide bonds. The minimum Gasteiger partial charge on any atom is -0.339 e. The van der Waals surface area contributed by atoms with Crippen LogP contribution in [-0.2, 0) is 0 Å². The number of hydrogen-bond donors (Lipinski definition) is 1.